The number of hydrogen-bond acceptors (Lipinski definition) is 4. The van der Waals surface area contributed by atoms with Crippen molar-refractivity contribution in [3.63, 3.8) is 0 Å². The van der Waals surface area contributed by atoms with Crippen LogP contribution in [0.5, 0.6) is 0 Å². The van der Waals surface area contributed by atoms with Crippen LogP contribution in [-0.4, -0.2) is 35.0 Å². The molecule has 0 bridgehead atoms. The summed E-state index contributed by atoms with van der Waals surface area (Å²) in [6.07, 6.45) is 0.174. The number of carbonyl (C=O) groups is 3. The highest BCUT2D eigenvalue weighted by molar-refractivity contribution is 7.12. The van der Waals surface area contributed by atoms with Crippen molar-refractivity contribution >= 4 is 29.1 Å². The molecule has 0 aliphatic rings. The predicted octanol–water partition coefficient (Wildman–Crippen LogP) is 1.68. The molecule has 6 nitrogen and oxygen atoms in total. The molecule has 7 heteroatoms. The molecule has 0 spiro atoms. The van der Waals surface area contributed by atoms with E-state index in [0.717, 1.165) is 5.56 Å². The van der Waals surface area contributed by atoms with Crippen LogP contribution in [0, 0.1) is 0 Å². The second-order valence-electron chi connectivity index (χ2n) is 5.26. The van der Waals surface area contributed by atoms with Crippen LogP contribution in [0.3, 0.4) is 0 Å². The van der Waals surface area contributed by atoms with Gasteiger partial charge in [0.05, 0.1) is 4.88 Å². The van der Waals surface area contributed by atoms with E-state index in [1.165, 1.54) is 18.3 Å². The van der Waals surface area contributed by atoms with Crippen molar-refractivity contribution in [2.24, 2.45) is 0 Å². The number of carbonyl (C=O) groups excluding carboxylic acids is 2. The SMILES string of the molecule is C[C@@H](NC(=O)c1cccs1)C(=O)N[C@H](Cc1ccccc1)C(=O)O. The zero-order valence-electron chi connectivity index (χ0n) is 13.1. The molecule has 126 valence electrons. The Kier molecular flexibility index (Phi) is 6.08. The summed E-state index contributed by atoms with van der Waals surface area (Å²) in [5.74, 6) is -2.02. The molecule has 1 aromatic carbocycles. The molecule has 2 atom stereocenters. The van der Waals surface area contributed by atoms with Gasteiger partial charge in [0.1, 0.15) is 12.1 Å². The van der Waals surface area contributed by atoms with Crippen LogP contribution in [0.25, 0.3) is 0 Å². The van der Waals surface area contributed by atoms with E-state index in [1.807, 2.05) is 6.07 Å². The van der Waals surface area contributed by atoms with Gasteiger partial charge in [-0.05, 0) is 23.9 Å². The summed E-state index contributed by atoms with van der Waals surface area (Å²) < 4.78 is 0. The van der Waals surface area contributed by atoms with Crippen LogP contribution in [-0.2, 0) is 16.0 Å². The van der Waals surface area contributed by atoms with E-state index in [0.29, 0.717) is 4.88 Å². The fourth-order valence-electron chi connectivity index (χ4n) is 2.09. The Bertz CT molecular complexity index is 701. The molecule has 24 heavy (non-hydrogen) atoms. The van der Waals surface area contributed by atoms with Crippen molar-refractivity contribution in [2.45, 2.75) is 25.4 Å². The average Bonchev–Trinajstić information content (AvgIpc) is 3.09. The molecule has 0 saturated carbocycles. The van der Waals surface area contributed by atoms with Gasteiger partial charge in [0, 0.05) is 6.42 Å². The van der Waals surface area contributed by atoms with Crippen LogP contribution in [0.4, 0.5) is 0 Å². The quantitative estimate of drug-likeness (QED) is 0.711. The highest BCUT2D eigenvalue weighted by atomic mass is 32.1. The molecule has 2 rings (SSSR count). The van der Waals surface area contributed by atoms with E-state index in [2.05, 4.69) is 10.6 Å². The number of carboxylic acid groups (broad SMARTS) is 1. The first kappa shape index (κ1) is 17.7. The zero-order valence-corrected chi connectivity index (χ0v) is 13.9. The predicted molar refractivity (Wildman–Crippen MR) is 91.0 cm³/mol. The molecular formula is C17H18N2O4S. The molecule has 1 heterocycles. The third-order valence-electron chi connectivity index (χ3n) is 3.38. The lowest BCUT2D eigenvalue weighted by Gasteiger charge is -2.18. The first-order valence-electron chi connectivity index (χ1n) is 7.39. The smallest absolute Gasteiger partial charge is 0.326 e. The molecule has 0 saturated heterocycles. The van der Waals surface area contributed by atoms with Crippen LogP contribution >= 0.6 is 11.3 Å². The van der Waals surface area contributed by atoms with Crippen molar-refractivity contribution in [3.05, 3.63) is 58.3 Å². The lowest BCUT2D eigenvalue weighted by Crippen LogP contribution is -2.51. The maximum Gasteiger partial charge on any atom is 0.326 e. The fraction of sp³-hybridized carbons (Fsp3) is 0.235. The Balaban J connectivity index is 1.94. The summed E-state index contributed by atoms with van der Waals surface area (Å²) in [7, 11) is 0. The largest absolute Gasteiger partial charge is 0.480 e. The van der Waals surface area contributed by atoms with Crippen LogP contribution in [0.1, 0.15) is 22.2 Å². The van der Waals surface area contributed by atoms with E-state index < -0.39 is 24.0 Å². The highest BCUT2D eigenvalue weighted by Gasteiger charge is 2.24. The van der Waals surface area contributed by atoms with Crippen molar-refractivity contribution in [2.75, 3.05) is 0 Å². The van der Waals surface area contributed by atoms with E-state index in [4.69, 9.17) is 0 Å². The van der Waals surface area contributed by atoms with E-state index in [1.54, 1.807) is 41.8 Å². The number of rotatable bonds is 7. The minimum atomic E-state index is -1.12. The fourth-order valence-corrected chi connectivity index (χ4v) is 2.71. The first-order chi connectivity index (χ1) is 11.5. The lowest BCUT2D eigenvalue weighted by molar-refractivity contribution is -0.142. The van der Waals surface area contributed by atoms with Gasteiger partial charge in [-0.1, -0.05) is 36.4 Å². The molecule has 2 amide bonds. The average molecular weight is 346 g/mol. The normalized spacial score (nSPS) is 12.9. The van der Waals surface area contributed by atoms with Gasteiger partial charge >= 0.3 is 5.97 Å². The van der Waals surface area contributed by atoms with Gasteiger partial charge in [-0.3, -0.25) is 9.59 Å². The highest BCUT2D eigenvalue weighted by Crippen LogP contribution is 2.08. The zero-order chi connectivity index (χ0) is 17.5. The van der Waals surface area contributed by atoms with Gasteiger partial charge in [0.2, 0.25) is 5.91 Å². The third kappa shape index (κ3) is 4.92. The second-order valence-corrected chi connectivity index (χ2v) is 6.21. The Hall–Kier alpha value is -2.67. The van der Waals surface area contributed by atoms with Gasteiger partial charge in [0.15, 0.2) is 0 Å². The molecule has 1 aromatic heterocycles. The van der Waals surface area contributed by atoms with Crippen LogP contribution in [0.2, 0.25) is 0 Å². The molecule has 0 aliphatic carbocycles. The van der Waals surface area contributed by atoms with E-state index in [-0.39, 0.29) is 12.3 Å². The summed E-state index contributed by atoms with van der Waals surface area (Å²) in [6, 6.07) is 10.5. The van der Waals surface area contributed by atoms with Gasteiger partial charge in [-0.2, -0.15) is 0 Å². The van der Waals surface area contributed by atoms with Gasteiger partial charge < -0.3 is 15.7 Å². The molecule has 0 aliphatic heterocycles. The van der Waals surface area contributed by atoms with Crippen molar-refractivity contribution in [1.29, 1.82) is 0 Å². The molecule has 0 unspecified atom stereocenters. The number of benzene rings is 1. The molecule has 3 N–H and O–H groups in total. The minimum Gasteiger partial charge on any atom is -0.480 e. The number of hydrogen-bond donors (Lipinski definition) is 3. The summed E-state index contributed by atoms with van der Waals surface area (Å²) >= 11 is 1.27. The van der Waals surface area contributed by atoms with Crippen LogP contribution < -0.4 is 10.6 Å². The Morgan fingerprint density at radius 3 is 2.38 bits per heavy atom. The maximum atomic E-state index is 12.2. The number of thiophene rings is 1. The Morgan fingerprint density at radius 1 is 1.08 bits per heavy atom. The lowest BCUT2D eigenvalue weighted by atomic mass is 10.1. The summed E-state index contributed by atoms with van der Waals surface area (Å²) in [5, 5.41) is 16.1. The Labute approximate surface area is 143 Å². The second kappa shape index (κ2) is 8.26. The van der Waals surface area contributed by atoms with E-state index in [9.17, 15) is 19.5 Å². The number of aliphatic carboxylic acids is 1. The Morgan fingerprint density at radius 2 is 1.79 bits per heavy atom. The monoisotopic (exact) mass is 346 g/mol. The van der Waals surface area contributed by atoms with Crippen LogP contribution in [0.15, 0.2) is 47.8 Å². The topological polar surface area (TPSA) is 95.5 Å². The number of nitrogens with one attached hydrogen (secondary N) is 2. The minimum absolute atomic E-state index is 0.174. The summed E-state index contributed by atoms with van der Waals surface area (Å²) in [6.45, 7) is 1.52. The standard InChI is InChI=1S/C17H18N2O4S/c1-11(18-16(21)14-8-5-9-24-14)15(20)19-13(17(22)23)10-12-6-3-2-4-7-12/h2-9,11,13H,10H2,1H3,(H,18,21)(H,19,20)(H,22,23)/t11-,13-/m1/s1. The number of carboxylic acids is 1. The summed E-state index contributed by atoms with van der Waals surface area (Å²) in [4.78, 5) is 36.0. The molecule has 2 aromatic rings. The first-order valence-corrected chi connectivity index (χ1v) is 8.27. The third-order valence-corrected chi connectivity index (χ3v) is 4.25. The number of amides is 2. The summed E-state index contributed by atoms with van der Waals surface area (Å²) in [5.41, 5.74) is 0.806. The van der Waals surface area contributed by atoms with Gasteiger partial charge in [-0.15, -0.1) is 11.3 Å². The molecule has 0 fully saturated rings. The van der Waals surface area contributed by atoms with E-state index >= 15 is 0 Å². The van der Waals surface area contributed by atoms with Crippen molar-refractivity contribution in [3.8, 4) is 0 Å². The molecular weight excluding hydrogens is 328 g/mol. The van der Waals surface area contributed by atoms with Crippen molar-refractivity contribution < 1.29 is 19.5 Å². The molecule has 0 radical (unpaired) electrons. The van der Waals surface area contributed by atoms with Gasteiger partial charge in [-0.25, -0.2) is 4.79 Å². The van der Waals surface area contributed by atoms with Gasteiger partial charge in [0.25, 0.3) is 5.91 Å². The van der Waals surface area contributed by atoms with Crippen molar-refractivity contribution in [1.82, 2.24) is 10.6 Å². The maximum absolute atomic E-state index is 12.2.